The van der Waals surface area contributed by atoms with Gasteiger partial charge in [0.25, 0.3) is 0 Å². The van der Waals surface area contributed by atoms with Crippen molar-refractivity contribution < 1.29 is 18.7 Å². The first-order chi connectivity index (χ1) is 13.5. The van der Waals surface area contributed by atoms with Crippen LogP contribution in [0.2, 0.25) is 0 Å². The standard InChI is InChI=1S/C22H21NO5/c1-12(2)7-8-23-10-15-16(26-11-23)5-6-17-19(15)20-21(27-17)14-4-3-13(24)9-18(14)28-22(20)25/h3-6,9,12,24H,7-8,10-11H2,1-2H3. The third-order valence-corrected chi connectivity index (χ3v) is 5.34. The van der Waals surface area contributed by atoms with Gasteiger partial charge in [0.2, 0.25) is 0 Å². The van der Waals surface area contributed by atoms with Crippen molar-refractivity contribution in [2.45, 2.75) is 26.8 Å². The number of aromatic hydroxyl groups is 1. The van der Waals surface area contributed by atoms with E-state index in [0.717, 1.165) is 29.7 Å². The number of furan rings is 1. The molecule has 2 aromatic carbocycles. The minimum absolute atomic E-state index is 0.0395. The van der Waals surface area contributed by atoms with Crippen LogP contribution in [-0.4, -0.2) is 23.3 Å². The fourth-order valence-electron chi connectivity index (χ4n) is 3.87. The predicted molar refractivity (Wildman–Crippen MR) is 107 cm³/mol. The molecule has 0 amide bonds. The predicted octanol–water partition coefficient (Wildman–Crippen LogP) is 4.60. The summed E-state index contributed by atoms with van der Waals surface area (Å²) in [6, 6.07) is 8.42. The van der Waals surface area contributed by atoms with Crippen molar-refractivity contribution in [1.82, 2.24) is 4.90 Å². The average Bonchev–Trinajstić information content (AvgIpc) is 3.06. The quantitative estimate of drug-likeness (QED) is 0.525. The minimum atomic E-state index is -0.473. The van der Waals surface area contributed by atoms with E-state index in [2.05, 4.69) is 18.7 Å². The molecular formula is C22H21NO5. The number of rotatable bonds is 3. The van der Waals surface area contributed by atoms with Crippen LogP contribution in [0.25, 0.3) is 32.9 Å². The number of ether oxygens (including phenoxy) is 1. The first-order valence-corrected chi connectivity index (χ1v) is 9.50. The lowest BCUT2D eigenvalue weighted by Crippen LogP contribution is -2.33. The highest BCUT2D eigenvalue weighted by Gasteiger charge is 2.25. The molecule has 0 saturated carbocycles. The van der Waals surface area contributed by atoms with E-state index in [-0.39, 0.29) is 5.75 Å². The number of hydrogen-bond acceptors (Lipinski definition) is 6. The van der Waals surface area contributed by atoms with Gasteiger partial charge in [0.05, 0.1) is 5.39 Å². The summed E-state index contributed by atoms with van der Waals surface area (Å²) in [5.41, 5.74) is 1.90. The molecule has 0 aliphatic carbocycles. The van der Waals surface area contributed by atoms with Crippen molar-refractivity contribution >= 4 is 32.9 Å². The van der Waals surface area contributed by atoms with Crippen LogP contribution in [0.1, 0.15) is 25.8 Å². The highest BCUT2D eigenvalue weighted by atomic mass is 16.5. The van der Waals surface area contributed by atoms with Gasteiger partial charge in [0.1, 0.15) is 34.8 Å². The lowest BCUT2D eigenvalue weighted by Gasteiger charge is -2.29. The van der Waals surface area contributed by atoms with Gasteiger partial charge in [-0.3, -0.25) is 4.90 Å². The van der Waals surface area contributed by atoms with Crippen molar-refractivity contribution in [3.8, 4) is 11.5 Å². The van der Waals surface area contributed by atoms with Crippen LogP contribution >= 0.6 is 0 Å². The lowest BCUT2D eigenvalue weighted by molar-refractivity contribution is 0.0918. The molecule has 3 heterocycles. The molecule has 6 nitrogen and oxygen atoms in total. The van der Waals surface area contributed by atoms with E-state index >= 15 is 0 Å². The zero-order chi connectivity index (χ0) is 19.4. The molecule has 5 rings (SSSR count). The average molecular weight is 379 g/mol. The Kier molecular flexibility index (Phi) is 3.84. The SMILES string of the molecule is CC(C)CCN1COc2ccc3oc4c5ccc(O)cc5oc(=O)c4c3c2C1. The summed E-state index contributed by atoms with van der Waals surface area (Å²) in [5.74, 6) is 1.43. The van der Waals surface area contributed by atoms with Crippen LogP contribution < -0.4 is 10.4 Å². The van der Waals surface area contributed by atoms with E-state index < -0.39 is 5.63 Å². The van der Waals surface area contributed by atoms with Crippen LogP contribution in [0.3, 0.4) is 0 Å². The summed E-state index contributed by atoms with van der Waals surface area (Å²) >= 11 is 0. The van der Waals surface area contributed by atoms with Crippen molar-refractivity contribution in [3.63, 3.8) is 0 Å². The summed E-state index contributed by atoms with van der Waals surface area (Å²) < 4.78 is 17.5. The largest absolute Gasteiger partial charge is 0.508 e. The topological polar surface area (TPSA) is 76.1 Å². The third-order valence-electron chi connectivity index (χ3n) is 5.34. The van der Waals surface area contributed by atoms with E-state index in [9.17, 15) is 9.90 Å². The van der Waals surface area contributed by atoms with Crippen LogP contribution in [-0.2, 0) is 6.54 Å². The van der Waals surface area contributed by atoms with Gasteiger partial charge in [-0.05, 0) is 36.6 Å². The molecule has 28 heavy (non-hydrogen) atoms. The van der Waals surface area contributed by atoms with Gasteiger partial charge in [-0.25, -0.2) is 4.79 Å². The molecular weight excluding hydrogens is 358 g/mol. The fraction of sp³-hybridized carbons (Fsp3) is 0.318. The highest BCUT2D eigenvalue weighted by molar-refractivity contribution is 6.14. The molecule has 0 fully saturated rings. The maximum atomic E-state index is 12.8. The Morgan fingerprint density at radius 1 is 1.11 bits per heavy atom. The van der Waals surface area contributed by atoms with E-state index in [0.29, 0.717) is 46.7 Å². The van der Waals surface area contributed by atoms with Gasteiger partial charge in [-0.15, -0.1) is 0 Å². The van der Waals surface area contributed by atoms with Crippen LogP contribution in [0, 0.1) is 5.92 Å². The van der Waals surface area contributed by atoms with Crippen molar-refractivity contribution in [2.24, 2.45) is 5.92 Å². The van der Waals surface area contributed by atoms with Gasteiger partial charge < -0.3 is 18.7 Å². The first-order valence-electron chi connectivity index (χ1n) is 9.50. The normalized spacial score (nSPS) is 14.8. The number of nitrogens with zero attached hydrogens (tertiary/aromatic N) is 1. The van der Waals surface area contributed by atoms with Crippen LogP contribution in [0.15, 0.2) is 44.0 Å². The Bertz CT molecular complexity index is 1270. The Morgan fingerprint density at radius 3 is 2.79 bits per heavy atom. The molecule has 0 bridgehead atoms. The monoisotopic (exact) mass is 379 g/mol. The maximum absolute atomic E-state index is 12.8. The van der Waals surface area contributed by atoms with Crippen molar-refractivity contribution in [1.29, 1.82) is 0 Å². The number of fused-ring (bicyclic) bond motifs is 7. The van der Waals surface area contributed by atoms with E-state index in [1.165, 1.54) is 6.07 Å². The van der Waals surface area contributed by atoms with Gasteiger partial charge >= 0.3 is 5.63 Å². The van der Waals surface area contributed by atoms with E-state index in [4.69, 9.17) is 13.6 Å². The molecule has 4 aromatic rings. The Morgan fingerprint density at radius 2 is 1.96 bits per heavy atom. The fourth-order valence-corrected chi connectivity index (χ4v) is 3.87. The second-order valence-corrected chi connectivity index (χ2v) is 7.80. The summed E-state index contributed by atoms with van der Waals surface area (Å²) in [5, 5.41) is 11.5. The maximum Gasteiger partial charge on any atom is 0.348 e. The minimum Gasteiger partial charge on any atom is -0.508 e. The molecule has 1 aliphatic rings. The van der Waals surface area contributed by atoms with E-state index in [1.807, 2.05) is 12.1 Å². The first kappa shape index (κ1) is 17.1. The Labute approximate surface area is 160 Å². The number of hydrogen-bond donors (Lipinski definition) is 1. The molecule has 0 atom stereocenters. The van der Waals surface area contributed by atoms with Crippen molar-refractivity contribution in [3.05, 3.63) is 46.3 Å². The smallest absolute Gasteiger partial charge is 0.348 e. The van der Waals surface area contributed by atoms with Gasteiger partial charge in [-0.2, -0.15) is 0 Å². The highest BCUT2D eigenvalue weighted by Crippen LogP contribution is 2.39. The zero-order valence-electron chi connectivity index (χ0n) is 15.8. The third kappa shape index (κ3) is 2.64. The summed E-state index contributed by atoms with van der Waals surface area (Å²) in [4.78, 5) is 15.0. The summed E-state index contributed by atoms with van der Waals surface area (Å²) in [7, 11) is 0. The van der Waals surface area contributed by atoms with Crippen LogP contribution in [0.5, 0.6) is 11.5 Å². The second kappa shape index (κ2) is 6.27. The molecule has 0 radical (unpaired) electrons. The lowest BCUT2D eigenvalue weighted by atomic mass is 10.0. The zero-order valence-corrected chi connectivity index (χ0v) is 15.8. The molecule has 0 spiro atoms. The molecule has 1 aliphatic heterocycles. The van der Waals surface area contributed by atoms with Crippen LogP contribution in [0.4, 0.5) is 0 Å². The molecule has 0 unspecified atom stereocenters. The second-order valence-electron chi connectivity index (χ2n) is 7.80. The van der Waals surface area contributed by atoms with Gasteiger partial charge in [0, 0.05) is 30.1 Å². The summed E-state index contributed by atoms with van der Waals surface area (Å²) in [6.45, 7) is 6.57. The van der Waals surface area contributed by atoms with E-state index in [1.54, 1.807) is 12.1 Å². The van der Waals surface area contributed by atoms with Gasteiger partial charge in [-0.1, -0.05) is 13.8 Å². The molecule has 2 aromatic heterocycles. The van der Waals surface area contributed by atoms with Gasteiger partial charge in [0.15, 0.2) is 5.58 Å². The summed E-state index contributed by atoms with van der Waals surface area (Å²) in [6.07, 6.45) is 1.08. The molecule has 6 heteroatoms. The number of phenolic OH excluding ortho intramolecular Hbond substituents is 1. The molecule has 144 valence electrons. The van der Waals surface area contributed by atoms with Crippen molar-refractivity contribution in [2.75, 3.05) is 13.3 Å². The Balaban J connectivity index is 1.74. The molecule has 1 N–H and O–H groups in total. The molecule has 0 saturated heterocycles. The number of phenols is 1. The number of benzene rings is 2. The Hall–Kier alpha value is -2.99.